The standard InChI is InChI=1S/C20H26N2O2/c1-2-3-9-18(20(23)24)16-11-17(12-16)22-13-15-7-4-6-14-8-5-10-21-19(14)15/h4-8,10,16-18,22H,2-3,9,11-13H2,1H3,(H,23,24). The van der Waals surface area contributed by atoms with Crippen LogP contribution in [0, 0.1) is 11.8 Å². The number of carboxylic acids is 1. The van der Waals surface area contributed by atoms with E-state index in [-0.39, 0.29) is 5.92 Å². The van der Waals surface area contributed by atoms with E-state index in [9.17, 15) is 9.90 Å². The Bertz CT molecular complexity index is 690. The molecular weight excluding hydrogens is 300 g/mol. The van der Waals surface area contributed by atoms with Crippen LogP contribution in [0.15, 0.2) is 36.5 Å². The number of unbranched alkanes of at least 4 members (excludes halogenated alkanes) is 1. The largest absolute Gasteiger partial charge is 0.481 e. The van der Waals surface area contributed by atoms with E-state index in [2.05, 4.69) is 41.5 Å². The first-order valence-corrected chi connectivity index (χ1v) is 8.98. The van der Waals surface area contributed by atoms with Gasteiger partial charge < -0.3 is 10.4 Å². The van der Waals surface area contributed by atoms with Crippen molar-refractivity contribution in [1.82, 2.24) is 10.3 Å². The van der Waals surface area contributed by atoms with Gasteiger partial charge in [0.2, 0.25) is 0 Å². The Morgan fingerprint density at radius 2 is 2.12 bits per heavy atom. The predicted molar refractivity (Wildman–Crippen MR) is 95.7 cm³/mol. The summed E-state index contributed by atoms with van der Waals surface area (Å²) < 4.78 is 0. The molecule has 1 heterocycles. The molecule has 0 bridgehead atoms. The third-order valence-electron chi connectivity index (χ3n) is 5.23. The van der Waals surface area contributed by atoms with Crippen molar-refractivity contribution in [2.75, 3.05) is 0 Å². The van der Waals surface area contributed by atoms with Crippen LogP contribution in [0.4, 0.5) is 0 Å². The van der Waals surface area contributed by atoms with Gasteiger partial charge in [-0.05, 0) is 36.8 Å². The number of carbonyl (C=O) groups is 1. The molecule has 128 valence electrons. The quantitative estimate of drug-likeness (QED) is 0.770. The fourth-order valence-electron chi connectivity index (χ4n) is 3.71. The van der Waals surface area contributed by atoms with Gasteiger partial charge in [0.25, 0.3) is 0 Å². The number of nitrogens with zero attached hydrogens (tertiary/aromatic N) is 1. The number of benzene rings is 1. The van der Waals surface area contributed by atoms with Crippen molar-refractivity contribution in [1.29, 1.82) is 0 Å². The lowest BCUT2D eigenvalue weighted by Gasteiger charge is -2.39. The molecule has 2 N–H and O–H groups in total. The second-order valence-electron chi connectivity index (χ2n) is 6.89. The van der Waals surface area contributed by atoms with Crippen molar-refractivity contribution in [2.24, 2.45) is 11.8 Å². The molecule has 1 aliphatic carbocycles. The molecule has 1 unspecified atom stereocenters. The molecule has 2 aromatic rings. The van der Waals surface area contributed by atoms with E-state index in [0.717, 1.165) is 49.6 Å². The second kappa shape index (κ2) is 7.75. The maximum Gasteiger partial charge on any atom is 0.306 e. The summed E-state index contributed by atoms with van der Waals surface area (Å²) in [5.74, 6) is -0.454. The molecule has 0 saturated heterocycles. The Hall–Kier alpha value is -1.94. The number of hydrogen-bond donors (Lipinski definition) is 2. The van der Waals surface area contributed by atoms with Crippen LogP contribution in [0.25, 0.3) is 10.9 Å². The number of aromatic nitrogens is 1. The zero-order valence-corrected chi connectivity index (χ0v) is 14.2. The van der Waals surface area contributed by atoms with Crippen LogP contribution in [-0.2, 0) is 11.3 Å². The number of pyridine rings is 1. The maximum atomic E-state index is 11.4. The van der Waals surface area contributed by atoms with E-state index in [0.29, 0.717) is 12.0 Å². The van der Waals surface area contributed by atoms with Crippen LogP contribution in [0.5, 0.6) is 0 Å². The number of aliphatic carboxylic acids is 1. The van der Waals surface area contributed by atoms with Gasteiger partial charge >= 0.3 is 5.97 Å². The first-order chi connectivity index (χ1) is 11.7. The Kier molecular flexibility index (Phi) is 5.46. The maximum absolute atomic E-state index is 11.4. The number of hydrogen-bond acceptors (Lipinski definition) is 3. The lowest BCUT2D eigenvalue weighted by Crippen LogP contribution is -2.45. The highest BCUT2D eigenvalue weighted by Gasteiger charge is 2.37. The van der Waals surface area contributed by atoms with Crippen molar-refractivity contribution in [3.05, 3.63) is 42.1 Å². The number of fused-ring (bicyclic) bond motifs is 1. The molecular formula is C20H26N2O2. The van der Waals surface area contributed by atoms with Crippen molar-refractivity contribution in [2.45, 2.75) is 51.6 Å². The van der Waals surface area contributed by atoms with E-state index in [1.54, 1.807) is 0 Å². The Labute approximate surface area is 143 Å². The molecule has 1 aromatic carbocycles. The zero-order chi connectivity index (χ0) is 16.9. The number of rotatable bonds is 8. The summed E-state index contributed by atoms with van der Waals surface area (Å²) in [6.45, 7) is 2.90. The van der Waals surface area contributed by atoms with Gasteiger partial charge in [0.1, 0.15) is 0 Å². The summed E-state index contributed by atoms with van der Waals surface area (Å²) in [4.78, 5) is 15.9. The van der Waals surface area contributed by atoms with Crippen LogP contribution in [-0.4, -0.2) is 22.1 Å². The molecule has 4 nitrogen and oxygen atoms in total. The highest BCUT2D eigenvalue weighted by atomic mass is 16.4. The Balaban J connectivity index is 1.53. The summed E-state index contributed by atoms with van der Waals surface area (Å²) in [6.07, 6.45) is 6.66. The first-order valence-electron chi connectivity index (χ1n) is 8.98. The summed E-state index contributed by atoms with van der Waals surface area (Å²) >= 11 is 0. The number of carboxylic acid groups (broad SMARTS) is 1. The zero-order valence-electron chi connectivity index (χ0n) is 14.2. The van der Waals surface area contributed by atoms with E-state index in [1.807, 2.05) is 12.3 Å². The third kappa shape index (κ3) is 3.75. The normalized spacial score (nSPS) is 21.4. The van der Waals surface area contributed by atoms with Crippen molar-refractivity contribution in [3.8, 4) is 0 Å². The van der Waals surface area contributed by atoms with Crippen LogP contribution >= 0.6 is 0 Å². The second-order valence-corrected chi connectivity index (χ2v) is 6.89. The molecule has 1 aromatic heterocycles. The van der Waals surface area contributed by atoms with Gasteiger partial charge in [0, 0.05) is 24.2 Å². The molecule has 0 radical (unpaired) electrons. The minimum absolute atomic E-state index is 0.165. The monoisotopic (exact) mass is 326 g/mol. The average molecular weight is 326 g/mol. The van der Waals surface area contributed by atoms with Gasteiger partial charge in [-0.1, -0.05) is 44.0 Å². The molecule has 1 saturated carbocycles. The van der Waals surface area contributed by atoms with E-state index < -0.39 is 5.97 Å². The van der Waals surface area contributed by atoms with E-state index >= 15 is 0 Å². The van der Waals surface area contributed by atoms with Crippen LogP contribution in [0.2, 0.25) is 0 Å². The van der Waals surface area contributed by atoms with E-state index in [4.69, 9.17) is 0 Å². The molecule has 4 heteroatoms. The number of para-hydroxylation sites is 1. The van der Waals surface area contributed by atoms with Crippen molar-refractivity contribution >= 4 is 16.9 Å². The van der Waals surface area contributed by atoms with Gasteiger partial charge in [-0.25, -0.2) is 0 Å². The highest BCUT2D eigenvalue weighted by molar-refractivity contribution is 5.81. The Morgan fingerprint density at radius 3 is 2.88 bits per heavy atom. The lowest BCUT2D eigenvalue weighted by atomic mass is 9.70. The van der Waals surface area contributed by atoms with Gasteiger partial charge in [0.15, 0.2) is 0 Å². The van der Waals surface area contributed by atoms with E-state index in [1.165, 1.54) is 5.56 Å². The summed E-state index contributed by atoms with van der Waals surface area (Å²) in [7, 11) is 0. The molecule has 24 heavy (non-hydrogen) atoms. The molecule has 1 fully saturated rings. The molecule has 3 rings (SSSR count). The fraction of sp³-hybridized carbons (Fsp3) is 0.500. The summed E-state index contributed by atoms with van der Waals surface area (Å²) in [5, 5.41) is 14.2. The molecule has 0 aliphatic heterocycles. The van der Waals surface area contributed by atoms with Gasteiger partial charge in [0.05, 0.1) is 11.4 Å². The molecule has 1 atom stereocenters. The Morgan fingerprint density at radius 1 is 1.33 bits per heavy atom. The highest BCUT2D eigenvalue weighted by Crippen LogP contribution is 2.37. The van der Waals surface area contributed by atoms with Crippen LogP contribution < -0.4 is 5.32 Å². The van der Waals surface area contributed by atoms with Crippen LogP contribution in [0.3, 0.4) is 0 Å². The number of nitrogens with one attached hydrogen (secondary N) is 1. The minimum Gasteiger partial charge on any atom is -0.481 e. The van der Waals surface area contributed by atoms with Gasteiger partial charge in [-0.2, -0.15) is 0 Å². The summed E-state index contributed by atoms with van der Waals surface area (Å²) in [6, 6.07) is 10.7. The minimum atomic E-state index is -0.620. The van der Waals surface area contributed by atoms with Gasteiger partial charge in [-0.15, -0.1) is 0 Å². The predicted octanol–water partition coefficient (Wildman–Crippen LogP) is 3.99. The average Bonchev–Trinajstić information content (AvgIpc) is 2.55. The van der Waals surface area contributed by atoms with Crippen LogP contribution in [0.1, 0.15) is 44.6 Å². The first kappa shape index (κ1) is 16.9. The topological polar surface area (TPSA) is 62.2 Å². The third-order valence-corrected chi connectivity index (χ3v) is 5.23. The van der Waals surface area contributed by atoms with Crippen molar-refractivity contribution < 1.29 is 9.90 Å². The smallest absolute Gasteiger partial charge is 0.306 e. The molecule has 0 spiro atoms. The molecule has 1 aliphatic rings. The summed E-state index contributed by atoms with van der Waals surface area (Å²) in [5.41, 5.74) is 2.26. The van der Waals surface area contributed by atoms with Crippen molar-refractivity contribution in [3.63, 3.8) is 0 Å². The SMILES string of the molecule is CCCCC(C(=O)O)C1CC(NCc2cccc3cccnc23)C1. The molecule has 0 amide bonds. The lowest BCUT2D eigenvalue weighted by molar-refractivity contribution is -0.145. The fourth-order valence-corrected chi connectivity index (χ4v) is 3.71. The van der Waals surface area contributed by atoms with Gasteiger partial charge in [-0.3, -0.25) is 9.78 Å².